The Morgan fingerprint density at radius 1 is 1.10 bits per heavy atom. The average Bonchev–Trinajstić information content (AvgIpc) is 2.99. The van der Waals surface area contributed by atoms with Crippen LogP contribution in [-0.2, 0) is 21.4 Å². The molecule has 0 aromatic heterocycles. The molecule has 5 heteroatoms. The van der Waals surface area contributed by atoms with E-state index in [-0.39, 0.29) is 41.5 Å². The van der Waals surface area contributed by atoms with Gasteiger partial charge in [-0.25, -0.2) is 0 Å². The number of benzene rings is 2. The minimum Gasteiger partial charge on any atom is -0.350 e. The van der Waals surface area contributed by atoms with E-state index in [1.54, 1.807) is 12.1 Å². The fraction of sp³-hybridized carbons (Fsp3) is 0.375. The number of hydrogen-bond donors (Lipinski definition) is 2. The molecule has 3 amide bonds. The van der Waals surface area contributed by atoms with E-state index in [1.165, 1.54) is 5.56 Å². The van der Waals surface area contributed by atoms with E-state index in [0.29, 0.717) is 12.0 Å². The van der Waals surface area contributed by atoms with Crippen molar-refractivity contribution in [3.8, 4) is 0 Å². The van der Waals surface area contributed by atoms with Crippen LogP contribution in [0.25, 0.3) is 0 Å². The van der Waals surface area contributed by atoms with Crippen LogP contribution in [0.3, 0.4) is 0 Å². The monoisotopic (exact) mass is 392 g/mol. The van der Waals surface area contributed by atoms with E-state index in [2.05, 4.69) is 36.6 Å². The number of carbonyl (C=O) groups excluding carboxylic acids is 3. The first-order valence-corrected chi connectivity index (χ1v) is 10.0. The Morgan fingerprint density at radius 2 is 1.76 bits per heavy atom. The summed E-state index contributed by atoms with van der Waals surface area (Å²) < 4.78 is 0. The van der Waals surface area contributed by atoms with Crippen LogP contribution in [0.5, 0.6) is 0 Å². The zero-order chi connectivity index (χ0) is 21.0. The van der Waals surface area contributed by atoms with E-state index >= 15 is 0 Å². The first kappa shape index (κ1) is 20.8. The molecule has 2 aromatic rings. The van der Waals surface area contributed by atoms with Gasteiger partial charge in [0.25, 0.3) is 5.91 Å². The maximum absolute atomic E-state index is 12.6. The number of carbonyl (C=O) groups is 3. The zero-order valence-corrected chi connectivity index (χ0v) is 17.2. The molecule has 1 heterocycles. The van der Waals surface area contributed by atoms with Gasteiger partial charge in [-0.05, 0) is 48.4 Å². The van der Waals surface area contributed by atoms with Gasteiger partial charge in [0.05, 0.1) is 5.92 Å². The molecule has 152 valence electrons. The average molecular weight is 392 g/mol. The molecule has 1 saturated heterocycles. The maximum Gasteiger partial charge on any atom is 0.251 e. The lowest BCUT2D eigenvalue weighted by Crippen LogP contribution is -2.37. The maximum atomic E-state index is 12.6. The van der Waals surface area contributed by atoms with E-state index in [4.69, 9.17) is 0 Å². The molecule has 2 atom stereocenters. The molecule has 0 bridgehead atoms. The highest BCUT2D eigenvalue weighted by molar-refractivity contribution is 6.03. The predicted molar refractivity (Wildman–Crippen MR) is 112 cm³/mol. The van der Waals surface area contributed by atoms with Gasteiger partial charge in [0.1, 0.15) is 0 Å². The number of hydrogen-bond acceptors (Lipinski definition) is 3. The third kappa shape index (κ3) is 5.31. The van der Waals surface area contributed by atoms with Gasteiger partial charge >= 0.3 is 0 Å². The highest BCUT2D eigenvalue weighted by Crippen LogP contribution is 2.28. The third-order valence-corrected chi connectivity index (χ3v) is 5.51. The Labute approximate surface area is 171 Å². The van der Waals surface area contributed by atoms with Crippen molar-refractivity contribution >= 4 is 17.7 Å². The summed E-state index contributed by atoms with van der Waals surface area (Å²) in [5.41, 5.74) is 2.73. The Bertz CT molecular complexity index is 888. The predicted octanol–water partition coefficient (Wildman–Crippen LogP) is 3.38. The van der Waals surface area contributed by atoms with Crippen molar-refractivity contribution in [3.63, 3.8) is 0 Å². The number of amides is 3. The fourth-order valence-electron chi connectivity index (χ4n) is 3.98. The Morgan fingerprint density at radius 3 is 2.34 bits per heavy atom. The molecule has 5 nitrogen and oxygen atoms in total. The van der Waals surface area contributed by atoms with E-state index < -0.39 is 0 Å². The number of rotatable bonds is 7. The van der Waals surface area contributed by atoms with Crippen molar-refractivity contribution in [2.24, 2.45) is 5.92 Å². The van der Waals surface area contributed by atoms with Crippen molar-refractivity contribution in [3.05, 3.63) is 71.3 Å². The van der Waals surface area contributed by atoms with Gasteiger partial charge in [-0.2, -0.15) is 0 Å². The first-order valence-electron chi connectivity index (χ1n) is 10.0. The molecule has 0 radical (unpaired) electrons. The molecule has 2 aromatic carbocycles. The van der Waals surface area contributed by atoms with Crippen LogP contribution in [-0.4, -0.2) is 23.8 Å². The Hall–Kier alpha value is -2.95. The van der Waals surface area contributed by atoms with Gasteiger partial charge in [-0.15, -0.1) is 0 Å². The van der Waals surface area contributed by atoms with Gasteiger partial charge in [-0.1, -0.05) is 56.3 Å². The van der Waals surface area contributed by atoms with Crippen LogP contribution >= 0.6 is 0 Å². The summed E-state index contributed by atoms with van der Waals surface area (Å²) in [7, 11) is 0. The van der Waals surface area contributed by atoms with E-state index in [0.717, 1.165) is 12.0 Å². The molecule has 1 aliphatic rings. The van der Waals surface area contributed by atoms with E-state index in [1.807, 2.05) is 37.3 Å². The van der Waals surface area contributed by atoms with Crippen LogP contribution in [0.2, 0.25) is 0 Å². The SMILES string of the molecule is CC(CC(C)(C)c1ccccc1)NC(=O)c1ccc(CC2CC(=O)NC2=O)cc1. The highest BCUT2D eigenvalue weighted by Gasteiger charge is 2.30. The highest BCUT2D eigenvalue weighted by atomic mass is 16.2. The minimum absolute atomic E-state index is 0.0191. The van der Waals surface area contributed by atoms with Crippen LogP contribution in [0, 0.1) is 5.92 Å². The summed E-state index contributed by atoms with van der Waals surface area (Å²) in [5, 5.41) is 5.41. The summed E-state index contributed by atoms with van der Waals surface area (Å²) >= 11 is 0. The van der Waals surface area contributed by atoms with Gasteiger partial charge in [0, 0.05) is 18.0 Å². The van der Waals surface area contributed by atoms with Gasteiger partial charge in [-0.3, -0.25) is 19.7 Å². The lowest BCUT2D eigenvalue weighted by molar-refractivity contribution is -0.125. The van der Waals surface area contributed by atoms with Gasteiger partial charge < -0.3 is 5.32 Å². The minimum atomic E-state index is -0.317. The Kier molecular flexibility index (Phi) is 6.16. The molecule has 2 N–H and O–H groups in total. The molecule has 0 spiro atoms. The van der Waals surface area contributed by atoms with Crippen LogP contribution < -0.4 is 10.6 Å². The first-order chi connectivity index (χ1) is 13.7. The summed E-state index contributed by atoms with van der Waals surface area (Å²) in [6, 6.07) is 17.6. The molecule has 0 saturated carbocycles. The van der Waals surface area contributed by atoms with Crippen molar-refractivity contribution in [2.75, 3.05) is 0 Å². The Balaban J connectivity index is 1.56. The molecule has 0 aliphatic carbocycles. The second-order valence-electron chi connectivity index (χ2n) is 8.54. The van der Waals surface area contributed by atoms with Crippen LogP contribution in [0.15, 0.2) is 54.6 Å². The molecule has 1 aliphatic heterocycles. The topological polar surface area (TPSA) is 75.3 Å². The third-order valence-electron chi connectivity index (χ3n) is 5.51. The van der Waals surface area contributed by atoms with Gasteiger partial charge in [0.15, 0.2) is 0 Å². The summed E-state index contributed by atoms with van der Waals surface area (Å²) in [5.74, 6) is -0.862. The van der Waals surface area contributed by atoms with Crippen molar-refractivity contribution < 1.29 is 14.4 Å². The lowest BCUT2D eigenvalue weighted by Gasteiger charge is -2.29. The van der Waals surface area contributed by atoms with Crippen molar-refractivity contribution in [1.82, 2.24) is 10.6 Å². The number of nitrogens with one attached hydrogen (secondary N) is 2. The molecule has 29 heavy (non-hydrogen) atoms. The fourth-order valence-corrected chi connectivity index (χ4v) is 3.98. The molecule has 2 unspecified atom stereocenters. The quantitative estimate of drug-likeness (QED) is 0.710. The molecular formula is C24H28N2O3. The van der Waals surface area contributed by atoms with Crippen LogP contribution in [0.4, 0.5) is 0 Å². The normalized spacial score (nSPS) is 17.7. The summed E-state index contributed by atoms with van der Waals surface area (Å²) in [6.07, 6.45) is 1.56. The second kappa shape index (κ2) is 8.60. The van der Waals surface area contributed by atoms with E-state index in [9.17, 15) is 14.4 Å². The smallest absolute Gasteiger partial charge is 0.251 e. The van der Waals surface area contributed by atoms with Crippen molar-refractivity contribution in [2.45, 2.75) is 51.5 Å². The molecule has 1 fully saturated rings. The van der Waals surface area contributed by atoms with Crippen molar-refractivity contribution in [1.29, 1.82) is 0 Å². The second-order valence-corrected chi connectivity index (χ2v) is 8.54. The zero-order valence-electron chi connectivity index (χ0n) is 17.2. The van der Waals surface area contributed by atoms with Crippen LogP contribution in [0.1, 0.15) is 55.1 Å². The lowest BCUT2D eigenvalue weighted by atomic mass is 9.79. The molecular weight excluding hydrogens is 364 g/mol. The van der Waals surface area contributed by atoms with Gasteiger partial charge in [0.2, 0.25) is 11.8 Å². The summed E-state index contributed by atoms with van der Waals surface area (Å²) in [4.78, 5) is 35.6. The molecule has 3 rings (SSSR count). The largest absolute Gasteiger partial charge is 0.350 e. The number of imide groups is 1. The summed E-state index contributed by atoms with van der Waals surface area (Å²) in [6.45, 7) is 6.39. The standard InChI is InChI=1S/C24H28N2O3/c1-16(15-24(2,3)20-7-5-4-6-8-20)25-22(28)18-11-9-17(10-12-18)13-19-14-21(27)26-23(19)29/h4-12,16,19H,13-15H2,1-3H3,(H,25,28)(H,26,27,29).